The van der Waals surface area contributed by atoms with Gasteiger partial charge < -0.3 is 19.7 Å². The molecular formula is C27H26ClFN2O4. The lowest BCUT2D eigenvalue weighted by Gasteiger charge is -2.21. The smallest absolute Gasteiger partial charge is 0.253 e. The molecule has 2 unspecified atom stereocenters. The van der Waals surface area contributed by atoms with Crippen molar-refractivity contribution in [3.8, 4) is 11.5 Å². The molecule has 0 spiro atoms. The number of hydrogen-bond donors (Lipinski definition) is 1. The van der Waals surface area contributed by atoms with Gasteiger partial charge in [0, 0.05) is 41.7 Å². The lowest BCUT2D eigenvalue weighted by Crippen LogP contribution is -2.35. The van der Waals surface area contributed by atoms with Gasteiger partial charge in [-0.3, -0.25) is 9.59 Å². The van der Waals surface area contributed by atoms with E-state index in [1.54, 1.807) is 67.7 Å². The van der Waals surface area contributed by atoms with Gasteiger partial charge >= 0.3 is 0 Å². The topological polar surface area (TPSA) is 67.9 Å². The van der Waals surface area contributed by atoms with Crippen molar-refractivity contribution in [2.75, 3.05) is 27.3 Å². The number of methoxy groups -OCH3 is 2. The lowest BCUT2D eigenvalue weighted by molar-refractivity contribution is -0.125. The summed E-state index contributed by atoms with van der Waals surface area (Å²) in [5, 5.41) is 3.41. The van der Waals surface area contributed by atoms with Gasteiger partial charge in [0.1, 0.15) is 17.3 Å². The van der Waals surface area contributed by atoms with Crippen LogP contribution in [0.15, 0.2) is 66.7 Å². The molecule has 3 aromatic rings. The van der Waals surface area contributed by atoms with Gasteiger partial charge in [-0.1, -0.05) is 29.8 Å². The monoisotopic (exact) mass is 496 g/mol. The Bertz CT molecular complexity index is 1220. The van der Waals surface area contributed by atoms with Crippen LogP contribution in [0, 0.1) is 11.7 Å². The molecule has 8 heteroatoms. The summed E-state index contributed by atoms with van der Waals surface area (Å²) < 4.78 is 24.2. The molecule has 0 aliphatic carbocycles. The van der Waals surface area contributed by atoms with Gasteiger partial charge in [-0.2, -0.15) is 0 Å². The first-order chi connectivity index (χ1) is 16.9. The minimum absolute atomic E-state index is 0.201. The van der Waals surface area contributed by atoms with Gasteiger partial charge in [0.25, 0.3) is 5.91 Å². The fourth-order valence-corrected chi connectivity index (χ4v) is 4.60. The first-order valence-corrected chi connectivity index (χ1v) is 11.6. The van der Waals surface area contributed by atoms with Crippen LogP contribution >= 0.6 is 11.6 Å². The highest BCUT2D eigenvalue weighted by Crippen LogP contribution is 2.40. The molecule has 0 radical (unpaired) electrons. The molecule has 1 N–H and O–H groups in total. The third-order valence-corrected chi connectivity index (χ3v) is 6.47. The van der Waals surface area contributed by atoms with Crippen molar-refractivity contribution in [3.63, 3.8) is 0 Å². The number of nitrogens with one attached hydrogen (secondary N) is 1. The first kappa shape index (κ1) is 24.5. The second-order valence-electron chi connectivity index (χ2n) is 8.39. The van der Waals surface area contributed by atoms with Crippen molar-refractivity contribution in [2.24, 2.45) is 5.92 Å². The van der Waals surface area contributed by atoms with Crippen molar-refractivity contribution in [1.29, 1.82) is 0 Å². The maximum absolute atomic E-state index is 13.4. The van der Waals surface area contributed by atoms with Gasteiger partial charge in [0.15, 0.2) is 0 Å². The van der Waals surface area contributed by atoms with Crippen LogP contribution in [0.2, 0.25) is 5.02 Å². The molecule has 1 heterocycles. The molecule has 3 aromatic carbocycles. The zero-order valence-electron chi connectivity index (χ0n) is 19.5. The molecule has 1 fully saturated rings. The fourth-order valence-electron chi connectivity index (χ4n) is 4.41. The molecule has 0 saturated carbocycles. The van der Waals surface area contributed by atoms with Gasteiger partial charge in [-0.25, -0.2) is 4.39 Å². The predicted octanol–water partition coefficient (Wildman–Crippen LogP) is 4.67. The zero-order chi connectivity index (χ0) is 24.9. The SMILES string of the molecule is COc1ccc(OC)c(C2CN(C(=O)c3cccc(Cl)c3)CC2C(=O)NCc2ccc(F)cc2)c1. The summed E-state index contributed by atoms with van der Waals surface area (Å²) in [4.78, 5) is 28.3. The number of benzene rings is 3. The summed E-state index contributed by atoms with van der Waals surface area (Å²) in [7, 11) is 3.14. The Morgan fingerprint density at radius 3 is 2.49 bits per heavy atom. The van der Waals surface area contributed by atoms with Crippen molar-refractivity contribution in [2.45, 2.75) is 12.5 Å². The molecule has 6 nitrogen and oxygen atoms in total. The average Bonchev–Trinajstić information content (AvgIpc) is 3.32. The normalized spacial score (nSPS) is 17.2. The molecule has 2 amide bonds. The number of ether oxygens (including phenoxy) is 2. The third-order valence-electron chi connectivity index (χ3n) is 6.23. The Labute approximate surface area is 208 Å². The maximum Gasteiger partial charge on any atom is 0.253 e. The van der Waals surface area contributed by atoms with Gasteiger partial charge in [-0.05, 0) is 54.1 Å². The number of rotatable bonds is 7. The van der Waals surface area contributed by atoms with Gasteiger partial charge in [0.2, 0.25) is 5.91 Å². The molecule has 0 bridgehead atoms. The standard InChI is InChI=1S/C27H26ClFN2O4/c1-34-21-10-11-25(35-2)22(13-21)23-15-31(27(33)18-4-3-5-19(28)12-18)16-24(23)26(32)30-14-17-6-8-20(29)9-7-17/h3-13,23-24H,14-16H2,1-2H3,(H,30,32). The van der Waals surface area contributed by atoms with E-state index in [1.807, 2.05) is 6.07 Å². The Kier molecular flexibility index (Phi) is 7.56. The van der Waals surface area contributed by atoms with E-state index in [1.165, 1.54) is 12.1 Å². The Hall–Kier alpha value is -3.58. The van der Waals surface area contributed by atoms with Crippen molar-refractivity contribution >= 4 is 23.4 Å². The van der Waals surface area contributed by atoms with Crippen molar-refractivity contribution in [1.82, 2.24) is 10.2 Å². The Morgan fingerprint density at radius 2 is 1.80 bits per heavy atom. The molecule has 182 valence electrons. The van der Waals surface area contributed by atoms with Crippen LogP contribution in [0.5, 0.6) is 11.5 Å². The van der Waals surface area contributed by atoms with E-state index in [4.69, 9.17) is 21.1 Å². The van der Waals surface area contributed by atoms with Crippen LogP contribution in [-0.4, -0.2) is 44.0 Å². The van der Waals surface area contributed by atoms with E-state index in [-0.39, 0.29) is 36.6 Å². The van der Waals surface area contributed by atoms with Crippen LogP contribution < -0.4 is 14.8 Å². The minimum atomic E-state index is -0.528. The second-order valence-corrected chi connectivity index (χ2v) is 8.82. The van der Waals surface area contributed by atoms with Crippen molar-refractivity contribution in [3.05, 3.63) is 94.3 Å². The molecule has 1 aliphatic rings. The summed E-state index contributed by atoms with van der Waals surface area (Å²) in [6.07, 6.45) is 0. The summed E-state index contributed by atoms with van der Waals surface area (Å²) in [5.74, 6) is -0.346. The van der Waals surface area contributed by atoms with Crippen LogP contribution in [0.1, 0.15) is 27.4 Å². The number of carbonyl (C=O) groups excluding carboxylic acids is 2. The number of amides is 2. The molecule has 35 heavy (non-hydrogen) atoms. The molecular weight excluding hydrogens is 471 g/mol. The number of carbonyl (C=O) groups is 2. The van der Waals surface area contributed by atoms with Crippen LogP contribution in [0.25, 0.3) is 0 Å². The summed E-state index contributed by atoms with van der Waals surface area (Å²) in [5.41, 5.74) is 2.02. The van der Waals surface area contributed by atoms with E-state index >= 15 is 0 Å². The molecule has 0 aromatic heterocycles. The first-order valence-electron chi connectivity index (χ1n) is 11.2. The van der Waals surface area contributed by atoms with E-state index in [0.29, 0.717) is 28.6 Å². The maximum atomic E-state index is 13.4. The lowest BCUT2D eigenvalue weighted by atomic mass is 9.87. The average molecular weight is 497 g/mol. The molecule has 2 atom stereocenters. The second kappa shape index (κ2) is 10.8. The number of likely N-dealkylation sites (tertiary alicyclic amines) is 1. The van der Waals surface area contributed by atoms with Gasteiger partial charge in [-0.15, -0.1) is 0 Å². The van der Waals surface area contributed by atoms with Crippen LogP contribution in [0.4, 0.5) is 4.39 Å². The van der Waals surface area contributed by atoms with Crippen LogP contribution in [0.3, 0.4) is 0 Å². The minimum Gasteiger partial charge on any atom is -0.497 e. The molecule has 1 saturated heterocycles. The quantitative estimate of drug-likeness (QED) is 0.516. The number of halogens is 2. The van der Waals surface area contributed by atoms with E-state index in [9.17, 15) is 14.0 Å². The molecule has 1 aliphatic heterocycles. The zero-order valence-corrected chi connectivity index (χ0v) is 20.2. The number of nitrogens with zero attached hydrogens (tertiary/aromatic N) is 1. The Morgan fingerprint density at radius 1 is 1.03 bits per heavy atom. The fraction of sp³-hybridized carbons (Fsp3) is 0.259. The highest BCUT2D eigenvalue weighted by Gasteiger charge is 2.42. The number of hydrogen-bond acceptors (Lipinski definition) is 4. The van der Waals surface area contributed by atoms with E-state index in [2.05, 4.69) is 5.32 Å². The summed E-state index contributed by atoms with van der Waals surface area (Å²) in [6, 6.07) is 18.1. The van der Waals surface area contributed by atoms with Crippen molar-refractivity contribution < 1.29 is 23.5 Å². The predicted molar refractivity (Wildman–Crippen MR) is 131 cm³/mol. The highest BCUT2D eigenvalue weighted by molar-refractivity contribution is 6.30. The largest absolute Gasteiger partial charge is 0.497 e. The Balaban J connectivity index is 1.62. The summed E-state index contributed by atoms with van der Waals surface area (Å²) >= 11 is 6.09. The third kappa shape index (κ3) is 5.57. The van der Waals surface area contributed by atoms with Gasteiger partial charge in [0.05, 0.1) is 20.1 Å². The summed E-state index contributed by atoms with van der Waals surface area (Å²) in [6.45, 7) is 0.801. The molecule has 4 rings (SSSR count). The highest BCUT2D eigenvalue weighted by atomic mass is 35.5. The van der Waals surface area contributed by atoms with Crippen LogP contribution in [-0.2, 0) is 11.3 Å². The van der Waals surface area contributed by atoms with E-state index < -0.39 is 5.92 Å². The van der Waals surface area contributed by atoms with E-state index in [0.717, 1.165) is 11.1 Å².